The van der Waals surface area contributed by atoms with Gasteiger partial charge in [0, 0.05) is 6.42 Å². The molecular formula is C16H14FNO3. The summed E-state index contributed by atoms with van der Waals surface area (Å²) >= 11 is 0. The highest BCUT2D eigenvalue weighted by molar-refractivity contribution is 6.03. The normalized spacial score (nSPS) is 9.86. The first-order valence-corrected chi connectivity index (χ1v) is 6.37. The topological polar surface area (TPSA) is 62.5 Å². The van der Waals surface area contributed by atoms with Crippen molar-refractivity contribution < 1.29 is 18.7 Å². The van der Waals surface area contributed by atoms with Crippen LogP contribution in [0.4, 0.5) is 10.1 Å². The number of aliphatic hydroxyl groups excluding tert-OH is 1. The van der Waals surface area contributed by atoms with Crippen molar-refractivity contribution in [3.05, 3.63) is 53.2 Å². The molecule has 0 aliphatic carbocycles. The molecule has 0 unspecified atom stereocenters. The molecule has 2 rings (SSSR count). The molecule has 0 fully saturated rings. The average molecular weight is 287 g/mol. The van der Waals surface area contributed by atoms with E-state index in [1.165, 1.54) is 18.2 Å². The summed E-state index contributed by atoms with van der Waals surface area (Å²) in [5.74, 6) is 5.34. The highest BCUT2D eigenvalue weighted by atomic mass is 19.1. The number of benzene rings is 1. The summed E-state index contributed by atoms with van der Waals surface area (Å²) in [5, 5.41) is 11.3. The van der Waals surface area contributed by atoms with Crippen molar-refractivity contribution in [1.29, 1.82) is 0 Å². The number of carbonyl (C=O) groups is 1. The fraction of sp³-hybridized carbons (Fsp3) is 0.188. The second-order valence-corrected chi connectivity index (χ2v) is 4.33. The van der Waals surface area contributed by atoms with E-state index in [2.05, 4.69) is 17.2 Å². The molecule has 0 bridgehead atoms. The number of anilines is 1. The lowest BCUT2D eigenvalue weighted by atomic mass is 10.1. The fourth-order valence-electron chi connectivity index (χ4n) is 1.68. The molecule has 1 amide bonds. The Hall–Kier alpha value is -2.58. The number of aryl methyl sites for hydroxylation is 1. The lowest BCUT2D eigenvalue weighted by molar-refractivity contribution is 0.0995. The molecule has 1 aromatic heterocycles. The zero-order chi connectivity index (χ0) is 15.2. The second-order valence-electron chi connectivity index (χ2n) is 4.33. The predicted molar refractivity (Wildman–Crippen MR) is 76.4 cm³/mol. The van der Waals surface area contributed by atoms with Crippen LogP contribution in [0.15, 0.2) is 34.7 Å². The van der Waals surface area contributed by atoms with Gasteiger partial charge in [-0.3, -0.25) is 4.79 Å². The summed E-state index contributed by atoms with van der Waals surface area (Å²) in [4.78, 5) is 12.0. The van der Waals surface area contributed by atoms with Crippen LogP contribution in [0, 0.1) is 24.6 Å². The van der Waals surface area contributed by atoms with Crippen LogP contribution in [-0.2, 0) is 0 Å². The summed E-state index contributed by atoms with van der Waals surface area (Å²) in [5.41, 5.74) is 0.737. The van der Waals surface area contributed by atoms with Gasteiger partial charge >= 0.3 is 0 Å². The summed E-state index contributed by atoms with van der Waals surface area (Å²) in [6, 6.07) is 7.15. The molecular weight excluding hydrogens is 273 g/mol. The number of halogens is 1. The van der Waals surface area contributed by atoms with E-state index in [9.17, 15) is 9.18 Å². The van der Waals surface area contributed by atoms with E-state index in [4.69, 9.17) is 9.52 Å². The van der Waals surface area contributed by atoms with E-state index in [-0.39, 0.29) is 18.8 Å². The summed E-state index contributed by atoms with van der Waals surface area (Å²) in [6.45, 7) is 1.66. The maximum atomic E-state index is 13.3. The van der Waals surface area contributed by atoms with E-state index < -0.39 is 11.7 Å². The van der Waals surface area contributed by atoms with Crippen LogP contribution in [0.3, 0.4) is 0 Å². The van der Waals surface area contributed by atoms with Crippen LogP contribution in [-0.4, -0.2) is 17.6 Å². The maximum Gasteiger partial charge on any atom is 0.291 e. The number of amides is 1. The quantitative estimate of drug-likeness (QED) is 0.853. The molecule has 108 valence electrons. The molecule has 5 heteroatoms. The molecule has 0 spiro atoms. The standard InChI is InChI=1S/C16H14FNO3/c1-11-5-8-15(21-11)16(20)18-14-7-6-13(17)10-12(14)4-2-3-9-19/h5-8,10,19H,3,9H2,1H3,(H,18,20). The maximum absolute atomic E-state index is 13.3. The van der Waals surface area contributed by atoms with Gasteiger partial charge in [0.2, 0.25) is 0 Å². The third kappa shape index (κ3) is 3.94. The van der Waals surface area contributed by atoms with Gasteiger partial charge in [0.25, 0.3) is 5.91 Å². The largest absolute Gasteiger partial charge is 0.456 e. The Balaban J connectivity index is 2.23. The molecule has 0 aliphatic rings. The first-order chi connectivity index (χ1) is 10.1. The Bertz CT molecular complexity index is 710. The number of aliphatic hydroxyl groups is 1. The molecule has 0 saturated carbocycles. The van der Waals surface area contributed by atoms with E-state index in [1.54, 1.807) is 19.1 Å². The second kappa shape index (κ2) is 6.73. The molecule has 0 radical (unpaired) electrons. The van der Waals surface area contributed by atoms with E-state index in [0.29, 0.717) is 17.0 Å². The van der Waals surface area contributed by atoms with Crippen molar-refractivity contribution in [2.45, 2.75) is 13.3 Å². The summed E-state index contributed by atoms with van der Waals surface area (Å²) < 4.78 is 18.5. The average Bonchev–Trinajstić information content (AvgIpc) is 2.88. The van der Waals surface area contributed by atoms with Crippen molar-refractivity contribution >= 4 is 11.6 Å². The number of nitrogens with one attached hydrogen (secondary N) is 1. The number of furan rings is 1. The van der Waals surface area contributed by atoms with Crippen LogP contribution in [0.5, 0.6) is 0 Å². The molecule has 0 atom stereocenters. The predicted octanol–water partition coefficient (Wildman–Crippen LogP) is 2.71. The molecule has 2 aromatic rings. The number of hydrogen-bond donors (Lipinski definition) is 2. The van der Waals surface area contributed by atoms with Crippen LogP contribution in [0.25, 0.3) is 0 Å². The van der Waals surface area contributed by atoms with E-state index in [1.807, 2.05) is 0 Å². The van der Waals surface area contributed by atoms with Crippen LogP contribution < -0.4 is 5.32 Å². The van der Waals surface area contributed by atoms with Gasteiger partial charge in [-0.15, -0.1) is 0 Å². The van der Waals surface area contributed by atoms with Gasteiger partial charge in [-0.2, -0.15) is 0 Å². The summed E-state index contributed by atoms with van der Waals surface area (Å²) in [7, 11) is 0. The zero-order valence-corrected chi connectivity index (χ0v) is 11.4. The summed E-state index contributed by atoms with van der Waals surface area (Å²) in [6.07, 6.45) is 0.279. The first-order valence-electron chi connectivity index (χ1n) is 6.37. The lowest BCUT2D eigenvalue weighted by Crippen LogP contribution is -2.12. The minimum absolute atomic E-state index is 0.0737. The van der Waals surface area contributed by atoms with Gasteiger partial charge in [0.1, 0.15) is 11.6 Å². The fourth-order valence-corrected chi connectivity index (χ4v) is 1.68. The van der Waals surface area contributed by atoms with Crippen molar-refractivity contribution in [2.24, 2.45) is 0 Å². The van der Waals surface area contributed by atoms with E-state index in [0.717, 1.165) is 0 Å². The number of rotatable bonds is 3. The van der Waals surface area contributed by atoms with Crippen molar-refractivity contribution in [2.75, 3.05) is 11.9 Å². The Kier molecular flexibility index (Phi) is 4.75. The molecule has 0 aliphatic heterocycles. The van der Waals surface area contributed by atoms with Crippen LogP contribution in [0.1, 0.15) is 28.3 Å². The Morgan fingerprint density at radius 1 is 1.38 bits per heavy atom. The lowest BCUT2D eigenvalue weighted by Gasteiger charge is -2.06. The van der Waals surface area contributed by atoms with Gasteiger partial charge in [-0.25, -0.2) is 4.39 Å². The smallest absolute Gasteiger partial charge is 0.291 e. The highest BCUT2D eigenvalue weighted by Crippen LogP contribution is 2.18. The van der Waals surface area contributed by atoms with Crippen molar-refractivity contribution in [3.63, 3.8) is 0 Å². The highest BCUT2D eigenvalue weighted by Gasteiger charge is 2.12. The molecule has 2 N–H and O–H groups in total. The Labute approximate surface area is 121 Å². The molecule has 1 aromatic carbocycles. The zero-order valence-electron chi connectivity index (χ0n) is 11.4. The van der Waals surface area contributed by atoms with E-state index >= 15 is 0 Å². The minimum Gasteiger partial charge on any atom is -0.456 e. The number of carbonyl (C=O) groups excluding carboxylic acids is 1. The monoisotopic (exact) mass is 287 g/mol. The Morgan fingerprint density at radius 3 is 2.86 bits per heavy atom. The SMILES string of the molecule is Cc1ccc(C(=O)Nc2ccc(F)cc2C#CCCO)o1. The third-order valence-corrected chi connectivity index (χ3v) is 2.65. The van der Waals surface area contributed by atoms with Crippen molar-refractivity contribution in [3.8, 4) is 11.8 Å². The van der Waals surface area contributed by atoms with Gasteiger partial charge in [0.15, 0.2) is 5.76 Å². The van der Waals surface area contributed by atoms with Gasteiger partial charge in [0.05, 0.1) is 17.9 Å². The molecule has 0 saturated heterocycles. The Morgan fingerprint density at radius 2 is 2.19 bits per heavy atom. The van der Waals surface area contributed by atoms with Gasteiger partial charge in [-0.1, -0.05) is 11.8 Å². The molecule has 1 heterocycles. The van der Waals surface area contributed by atoms with Gasteiger partial charge in [-0.05, 0) is 37.3 Å². The number of hydrogen-bond acceptors (Lipinski definition) is 3. The first kappa shape index (κ1) is 14.8. The van der Waals surface area contributed by atoms with Crippen molar-refractivity contribution in [1.82, 2.24) is 0 Å². The third-order valence-electron chi connectivity index (χ3n) is 2.65. The van der Waals surface area contributed by atoms with Crippen LogP contribution >= 0.6 is 0 Å². The minimum atomic E-state index is -0.449. The molecule has 21 heavy (non-hydrogen) atoms. The van der Waals surface area contributed by atoms with Crippen LogP contribution in [0.2, 0.25) is 0 Å². The van der Waals surface area contributed by atoms with Gasteiger partial charge < -0.3 is 14.8 Å². The molecule has 4 nitrogen and oxygen atoms in total.